The van der Waals surface area contributed by atoms with Crippen molar-refractivity contribution in [3.63, 3.8) is 0 Å². The van der Waals surface area contributed by atoms with Gasteiger partial charge in [0, 0.05) is 25.2 Å². The Morgan fingerprint density at radius 1 is 0.679 bits per heavy atom. The van der Waals surface area contributed by atoms with Crippen molar-refractivity contribution in [2.75, 3.05) is 13.2 Å². The molecule has 0 aromatic carbocycles. The van der Waals surface area contributed by atoms with Crippen LogP contribution >= 0.6 is 7.82 Å². The highest BCUT2D eigenvalue weighted by molar-refractivity contribution is 7.46. The summed E-state index contributed by atoms with van der Waals surface area (Å²) >= 11 is 0. The zero-order valence-corrected chi connectivity index (χ0v) is 34.2. The lowest BCUT2D eigenvalue weighted by molar-refractivity contribution is -0.161. The number of carbonyl (C=O) groups is 2. The minimum absolute atomic E-state index is 0.0803. The molecule has 6 atom stereocenters. The lowest BCUT2D eigenvalue weighted by Crippen LogP contribution is -2.29. The van der Waals surface area contributed by atoms with Gasteiger partial charge >= 0.3 is 19.8 Å². The van der Waals surface area contributed by atoms with E-state index in [9.17, 15) is 29.5 Å². The maximum atomic E-state index is 12.4. The minimum atomic E-state index is -4.80. The topological polar surface area (TPSA) is 180 Å². The van der Waals surface area contributed by atoms with E-state index in [0.29, 0.717) is 25.7 Å². The average Bonchev–Trinajstić information content (AvgIpc) is 3.38. The van der Waals surface area contributed by atoms with Gasteiger partial charge in [0.1, 0.15) is 6.61 Å². The summed E-state index contributed by atoms with van der Waals surface area (Å²) in [5, 5.41) is 31.2. The van der Waals surface area contributed by atoms with Crippen molar-refractivity contribution < 1.29 is 53.3 Å². The smallest absolute Gasteiger partial charge is 0.462 e. The second-order valence-electron chi connectivity index (χ2n) is 15.3. The number of unbranched alkanes of at least 4 members (excludes halogenated alkanes) is 19. The molecule has 1 fully saturated rings. The third-order valence-corrected chi connectivity index (χ3v) is 10.9. The van der Waals surface area contributed by atoms with Crippen LogP contribution in [0.15, 0.2) is 12.2 Å². The Labute approximate surface area is 321 Å². The first-order chi connectivity index (χ1) is 25.5. The minimum Gasteiger partial charge on any atom is -0.462 e. The molecule has 0 spiro atoms. The number of rotatable bonds is 35. The molecule has 1 saturated carbocycles. The van der Waals surface area contributed by atoms with Crippen LogP contribution in [-0.4, -0.2) is 74.7 Å². The van der Waals surface area contributed by atoms with Gasteiger partial charge in [-0.3, -0.25) is 14.1 Å². The number of hydrogen-bond donors (Lipinski definition) is 5. The van der Waals surface area contributed by atoms with E-state index in [1.165, 1.54) is 70.6 Å². The fourth-order valence-corrected chi connectivity index (χ4v) is 7.54. The molecule has 11 nitrogen and oxygen atoms in total. The van der Waals surface area contributed by atoms with Crippen LogP contribution in [0.4, 0.5) is 0 Å². The fraction of sp³-hybridized carbons (Fsp3) is 0.902. The van der Waals surface area contributed by atoms with Crippen LogP contribution in [0.5, 0.6) is 0 Å². The van der Waals surface area contributed by atoms with Gasteiger partial charge in [0.2, 0.25) is 0 Å². The van der Waals surface area contributed by atoms with Gasteiger partial charge in [-0.15, -0.1) is 0 Å². The van der Waals surface area contributed by atoms with E-state index >= 15 is 0 Å². The molecule has 0 saturated heterocycles. The summed E-state index contributed by atoms with van der Waals surface area (Å²) in [6, 6.07) is 0. The van der Waals surface area contributed by atoms with Gasteiger partial charge in [0.25, 0.3) is 0 Å². The first-order valence-electron chi connectivity index (χ1n) is 21.2. The predicted molar refractivity (Wildman–Crippen MR) is 209 cm³/mol. The van der Waals surface area contributed by atoms with Crippen LogP contribution in [0.3, 0.4) is 0 Å². The molecule has 1 aliphatic carbocycles. The molecule has 0 aliphatic heterocycles. The number of phosphoric acid groups is 1. The first-order valence-corrected chi connectivity index (χ1v) is 22.8. The van der Waals surface area contributed by atoms with Crippen molar-refractivity contribution >= 4 is 19.8 Å². The SMILES string of the molecule is CCCCCCCCCCCCCCCCCC(=O)O[C@H](COC(=O)CCCCCC[C@@H]1[C@@H](/C=C/[C@@H](O)CCCCC)[C@H](O)C[C@@H]1O)COP(=O)(O)O. The molecule has 53 heavy (non-hydrogen) atoms. The Balaban J connectivity index is 2.25. The maximum Gasteiger partial charge on any atom is 0.469 e. The van der Waals surface area contributed by atoms with Crippen molar-refractivity contribution in [2.24, 2.45) is 11.8 Å². The zero-order valence-electron chi connectivity index (χ0n) is 33.3. The highest BCUT2D eigenvalue weighted by Gasteiger charge is 2.39. The van der Waals surface area contributed by atoms with Crippen molar-refractivity contribution in [1.82, 2.24) is 0 Å². The number of phosphoric ester groups is 1. The van der Waals surface area contributed by atoms with Crippen LogP contribution in [0.2, 0.25) is 0 Å². The van der Waals surface area contributed by atoms with Gasteiger partial charge in [-0.1, -0.05) is 154 Å². The van der Waals surface area contributed by atoms with Gasteiger partial charge in [-0.05, 0) is 31.6 Å². The molecule has 5 N–H and O–H groups in total. The summed E-state index contributed by atoms with van der Waals surface area (Å²) in [4.78, 5) is 43.1. The number of aliphatic hydroxyl groups is 3. The lowest BCUT2D eigenvalue weighted by atomic mass is 9.88. The molecule has 0 radical (unpaired) electrons. The van der Waals surface area contributed by atoms with Gasteiger partial charge in [0.15, 0.2) is 6.10 Å². The Morgan fingerprint density at radius 3 is 1.72 bits per heavy atom. The second kappa shape index (κ2) is 31.8. The van der Waals surface area contributed by atoms with E-state index in [4.69, 9.17) is 19.3 Å². The van der Waals surface area contributed by atoms with E-state index in [0.717, 1.165) is 64.2 Å². The van der Waals surface area contributed by atoms with Crippen LogP contribution in [0.1, 0.15) is 187 Å². The summed E-state index contributed by atoms with van der Waals surface area (Å²) in [6.07, 6.45) is 27.1. The second-order valence-corrected chi connectivity index (χ2v) is 16.5. The number of ether oxygens (including phenoxy) is 2. The van der Waals surface area contributed by atoms with Crippen molar-refractivity contribution in [1.29, 1.82) is 0 Å². The van der Waals surface area contributed by atoms with Crippen molar-refractivity contribution in [3.8, 4) is 0 Å². The Morgan fingerprint density at radius 2 is 1.17 bits per heavy atom. The highest BCUT2D eigenvalue weighted by atomic mass is 31.2. The number of esters is 2. The van der Waals surface area contributed by atoms with Gasteiger partial charge in [-0.2, -0.15) is 0 Å². The standard InChI is InChI=1S/C41H77O11P/c1-3-5-7-8-9-10-11-12-13-14-15-16-17-18-24-28-41(46)52-35(33-51-53(47,48)49)32-50-40(45)27-23-20-19-22-26-36-37(39(44)31-38(36)43)30-29-34(42)25-21-6-4-2/h29-30,34-39,42-44H,3-28,31-33H2,1-2H3,(H2,47,48,49)/b30-29+/t34-,35+,36+,37+,38-,39+/m0/s1. The van der Waals surface area contributed by atoms with Gasteiger partial charge < -0.3 is 34.6 Å². The zero-order chi connectivity index (χ0) is 39.2. The number of hydrogen-bond acceptors (Lipinski definition) is 9. The third-order valence-electron chi connectivity index (χ3n) is 10.4. The molecule has 1 rings (SSSR count). The maximum absolute atomic E-state index is 12.4. The van der Waals surface area contributed by atoms with E-state index in [2.05, 4.69) is 18.4 Å². The molecule has 1 aliphatic rings. The Bertz CT molecular complexity index is 987. The summed E-state index contributed by atoms with van der Waals surface area (Å²) < 4.78 is 26.4. The molecule has 0 heterocycles. The van der Waals surface area contributed by atoms with Crippen molar-refractivity contribution in [3.05, 3.63) is 12.2 Å². The largest absolute Gasteiger partial charge is 0.469 e. The van der Waals surface area contributed by atoms with E-state index < -0.39 is 50.8 Å². The van der Waals surface area contributed by atoms with E-state index in [1.807, 2.05) is 6.08 Å². The summed E-state index contributed by atoms with van der Waals surface area (Å²) in [5.74, 6) is -1.29. The molecule has 0 aromatic rings. The molecule has 312 valence electrons. The molecule has 0 aromatic heterocycles. The number of carbonyl (C=O) groups excluding carboxylic acids is 2. The van der Waals surface area contributed by atoms with Crippen LogP contribution < -0.4 is 0 Å². The van der Waals surface area contributed by atoms with Crippen molar-refractivity contribution in [2.45, 2.75) is 212 Å². The summed E-state index contributed by atoms with van der Waals surface area (Å²) in [7, 11) is -4.80. The van der Waals surface area contributed by atoms with Crippen LogP contribution in [0, 0.1) is 11.8 Å². The highest BCUT2D eigenvalue weighted by Crippen LogP contribution is 2.38. The molecule has 12 heteroatoms. The molecular formula is C41H77O11P. The normalized spacial score (nSPS) is 20.2. The van der Waals surface area contributed by atoms with Crippen LogP contribution in [0.25, 0.3) is 0 Å². The lowest BCUT2D eigenvalue weighted by Gasteiger charge is -2.21. The summed E-state index contributed by atoms with van der Waals surface area (Å²) in [5.41, 5.74) is 0. The monoisotopic (exact) mass is 777 g/mol. The molecule has 0 unspecified atom stereocenters. The summed E-state index contributed by atoms with van der Waals surface area (Å²) in [6.45, 7) is 3.42. The Hall–Kier alpha value is -1.33. The quantitative estimate of drug-likeness (QED) is 0.0179. The van der Waals surface area contributed by atoms with Gasteiger partial charge in [0.05, 0.1) is 24.9 Å². The molecule has 0 amide bonds. The predicted octanol–water partition coefficient (Wildman–Crippen LogP) is 9.01. The number of aliphatic hydroxyl groups excluding tert-OH is 3. The van der Waals surface area contributed by atoms with E-state index in [-0.39, 0.29) is 31.3 Å². The third kappa shape index (κ3) is 27.8. The molecule has 0 bridgehead atoms. The van der Waals surface area contributed by atoms with Crippen LogP contribution in [-0.2, 0) is 28.2 Å². The fourth-order valence-electron chi connectivity index (χ4n) is 7.18. The average molecular weight is 777 g/mol. The first kappa shape index (κ1) is 49.7. The Kier molecular flexibility index (Phi) is 29.8. The molecular weight excluding hydrogens is 699 g/mol. The van der Waals surface area contributed by atoms with Gasteiger partial charge in [-0.25, -0.2) is 4.57 Å². The van der Waals surface area contributed by atoms with E-state index in [1.54, 1.807) is 6.08 Å².